The van der Waals surface area contributed by atoms with Gasteiger partial charge < -0.3 is 10.4 Å². The molecule has 1 heterocycles. The van der Waals surface area contributed by atoms with E-state index < -0.39 is 23.7 Å². The molecule has 0 saturated carbocycles. The van der Waals surface area contributed by atoms with Crippen molar-refractivity contribution in [2.75, 3.05) is 0 Å². The van der Waals surface area contributed by atoms with Crippen molar-refractivity contribution in [3.05, 3.63) is 40.9 Å². The van der Waals surface area contributed by atoms with Crippen LogP contribution in [0.25, 0.3) is 5.69 Å². The van der Waals surface area contributed by atoms with Crippen LogP contribution in [0.3, 0.4) is 0 Å². The first kappa shape index (κ1) is 17.9. The van der Waals surface area contributed by atoms with E-state index in [4.69, 9.17) is 16.7 Å². The molecule has 2 N–H and O–H groups in total. The molecule has 7 nitrogen and oxygen atoms in total. The van der Waals surface area contributed by atoms with Gasteiger partial charge in [0.25, 0.3) is 5.91 Å². The lowest BCUT2D eigenvalue weighted by Gasteiger charge is -2.12. The van der Waals surface area contributed by atoms with E-state index in [1.807, 2.05) is 6.92 Å². The number of hydrogen-bond donors (Lipinski definition) is 2. The van der Waals surface area contributed by atoms with E-state index in [1.165, 1.54) is 24.4 Å². The number of carbonyl (C=O) groups excluding carboxylic acids is 1. The lowest BCUT2D eigenvalue weighted by Crippen LogP contribution is -2.40. The SMILES string of the molecule is CCCCC(NC(=O)c1cn(-c2cccc(Cl)c2F)nn1)C(=O)O. The number of nitrogens with one attached hydrogen (secondary N) is 1. The summed E-state index contributed by atoms with van der Waals surface area (Å²) in [4.78, 5) is 23.3. The van der Waals surface area contributed by atoms with E-state index in [9.17, 15) is 14.0 Å². The van der Waals surface area contributed by atoms with Crippen LogP contribution in [0.15, 0.2) is 24.4 Å². The number of aliphatic carboxylic acids is 1. The first-order chi connectivity index (χ1) is 11.4. The number of aromatic nitrogens is 3. The number of amides is 1. The van der Waals surface area contributed by atoms with Crippen LogP contribution >= 0.6 is 11.6 Å². The molecular weight excluding hydrogens is 339 g/mol. The zero-order valence-electron chi connectivity index (χ0n) is 12.9. The van der Waals surface area contributed by atoms with Crippen molar-refractivity contribution in [2.45, 2.75) is 32.2 Å². The zero-order chi connectivity index (χ0) is 17.7. The second-order valence-corrected chi connectivity index (χ2v) is 5.54. The van der Waals surface area contributed by atoms with Gasteiger partial charge in [0, 0.05) is 0 Å². The Bertz CT molecular complexity index is 750. The zero-order valence-corrected chi connectivity index (χ0v) is 13.6. The van der Waals surface area contributed by atoms with Crippen LogP contribution in [0.1, 0.15) is 36.7 Å². The largest absolute Gasteiger partial charge is 0.480 e. The molecule has 1 unspecified atom stereocenters. The highest BCUT2D eigenvalue weighted by Gasteiger charge is 2.22. The molecule has 1 aromatic carbocycles. The number of carboxylic acid groups (broad SMARTS) is 1. The van der Waals surface area contributed by atoms with Crippen LogP contribution in [0, 0.1) is 5.82 Å². The molecule has 0 radical (unpaired) electrons. The molecule has 0 aliphatic carbocycles. The minimum absolute atomic E-state index is 0.0369. The number of halogens is 2. The Hall–Kier alpha value is -2.48. The van der Waals surface area contributed by atoms with Crippen LogP contribution in [-0.4, -0.2) is 38.0 Å². The van der Waals surface area contributed by atoms with Gasteiger partial charge in [-0.3, -0.25) is 4.79 Å². The monoisotopic (exact) mass is 354 g/mol. The molecule has 0 aliphatic heterocycles. The smallest absolute Gasteiger partial charge is 0.326 e. The second-order valence-electron chi connectivity index (χ2n) is 5.13. The van der Waals surface area contributed by atoms with Crippen LogP contribution in [0.5, 0.6) is 0 Å². The Balaban J connectivity index is 2.16. The van der Waals surface area contributed by atoms with Gasteiger partial charge in [-0.25, -0.2) is 13.9 Å². The van der Waals surface area contributed by atoms with Crippen molar-refractivity contribution in [3.8, 4) is 5.69 Å². The summed E-state index contributed by atoms with van der Waals surface area (Å²) in [5.41, 5.74) is -0.0769. The summed E-state index contributed by atoms with van der Waals surface area (Å²) < 4.78 is 15.0. The van der Waals surface area contributed by atoms with E-state index in [0.29, 0.717) is 12.8 Å². The van der Waals surface area contributed by atoms with Crippen LogP contribution < -0.4 is 5.32 Å². The number of rotatable bonds is 7. The van der Waals surface area contributed by atoms with Gasteiger partial charge in [0.2, 0.25) is 0 Å². The van der Waals surface area contributed by atoms with Gasteiger partial charge in [-0.1, -0.05) is 42.6 Å². The maximum Gasteiger partial charge on any atom is 0.326 e. The van der Waals surface area contributed by atoms with Crippen molar-refractivity contribution in [3.63, 3.8) is 0 Å². The van der Waals surface area contributed by atoms with Gasteiger partial charge in [-0.15, -0.1) is 5.10 Å². The number of nitrogens with zero attached hydrogens (tertiary/aromatic N) is 3. The minimum Gasteiger partial charge on any atom is -0.480 e. The first-order valence-corrected chi connectivity index (χ1v) is 7.72. The second kappa shape index (κ2) is 7.87. The van der Waals surface area contributed by atoms with Gasteiger partial charge in [-0.05, 0) is 18.6 Å². The Morgan fingerprint density at radius 1 is 1.46 bits per heavy atom. The molecule has 1 atom stereocenters. The Morgan fingerprint density at radius 3 is 2.88 bits per heavy atom. The van der Waals surface area contributed by atoms with Crippen molar-refractivity contribution in [1.29, 1.82) is 0 Å². The molecule has 1 amide bonds. The van der Waals surface area contributed by atoms with Crippen LogP contribution in [0.2, 0.25) is 5.02 Å². The number of carboxylic acids is 1. The first-order valence-electron chi connectivity index (χ1n) is 7.34. The van der Waals surface area contributed by atoms with Gasteiger partial charge >= 0.3 is 5.97 Å². The van der Waals surface area contributed by atoms with Crippen molar-refractivity contribution < 1.29 is 19.1 Å². The van der Waals surface area contributed by atoms with Crippen LogP contribution in [0.4, 0.5) is 4.39 Å². The number of carbonyl (C=O) groups is 2. The third kappa shape index (κ3) is 4.08. The van der Waals surface area contributed by atoms with Gasteiger partial charge in [-0.2, -0.15) is 0 Å². The average molecular weight is 355 g/mol. The molecule has 0 saturated heterocycles. The van der Waals surface area contributed by atoms with Gasteiger partial charge in [0.1, 0.15) is 11.7 Å². The standard InChI is InChI=1S/C15H16ClFN4O3/c1-2-3-6-10(15(23)24)18-14(22)11-8-21(20-19-11)12-7-4-5-9(16)13(12)17/h4-5,7-8,10H,2-3,6H2,1H3,(H,18,22)(H,23,24). The summed E-state index contributed by atoms with van der Waals surface area (Å²) in [5, 5.41) is 18.8. The predicted molar refractivity (Wildman–Crippen MR) is 84.7 cm³/mol. The molecule has 128 valence electrons. The summed E-state index contributed by atoms with van der Waals surface area (Å²) in [6.07, 6.45) is 3.00. The van der Waals surface area contributed by atoms with E-state index >= 15 is 0 Å². The normalized spacial score (nSPS) is 12.0. The molecule has 2 aromatic rings. The minimum atomic E-state index is -1.12. The summed E-state index contributed by atoms with van der Waals surface area (Å²) in [6, 6.07) is 3.34. The van der Waals surface area contributed by atoms with E-state index in [0.717, 1.165) is 11.1 Å². The maximum absolute atomic E-state index is 14.0. The third-order valence-corrected chi connectivity index (χ3v) is 3.65. The molecule has 2 rings (SSSR count). The Kier molecular flexibility index (Phi) is 5.86. The fourth-order valence-electron chi connectivity index (χ4n) is 2.05. The molecule has 0 spiro atoms. The predicted octanol–water partition coefficient (Wildman–Crippen LogP) is 2.43. The molecular formula is C15H16ClFN4O3. The molecule has 0 bridgehead atoms. The fraction of sp³-hybridized carbons (Fsp3) is 0.333. The highest BCUT2D eigenvalue weighted by Crippen LogP contribution is 2.20. The number of hydrogen-bond acceptors (Lipinski definition) is 4. The number of benzene rings is 1. The summed E-state index contributed by atoms with van der Waals surface area (Å²) in [7, 11) is 0. The Labute approximate surface area is 142 Å². The van der Waals surface area contributed by atoms with Gasteiger partial charge in [0.15, 0.2) is 11.5 Å². The fourth-order valence-corrected chi connectivity index (χ4v) is 2.22. The third-order valence-electron chi connectivity index (χ3n) is 3.35. The van der Waals surface area contributed by atoms with E-state index in [2.05, 4.69) is 15.6 Å². The van der Waals surface area contributed by atoms with Crippen molar-refractivity contribution >= 4 is 23.5 Å². The Morgan fingerprint density at radius 2 is 2.21 bits per heavy atom. The van der Waals surface area contributed by atoms with E-state index in [1.54, 1.807) is 0 Å². The molecule has 24 heavy (non-hydrogen) atoms. The summed E-state index contributed by atoms with van der Waals surface area (Å²) >= 11 is 5.70. The maximum atomic E-state index is 14.0. The highest BCUT2D eigenvalue weighted by molar-refractivity contribution is 6.30. The van der Waals surface area contributed by atoms with Crippen molar-refractivity contribution in [2.24, 2.45) is 0 Å². The lowest BCUT2D eigenvalue weighted by molar-refractivity contribution is -0.139. The summed E-state index contributed by atoms with van der Waals surface area (Å²) in [5.74, 6) is -2.50. The van der Waals surface area contributed by atoms with Gasteiger partial charge in [0.05, 0.1) is 11.2 Å². The highest BCUT2D eigenvalue weighted by atomic mass is 35.5. The molecule has 1 aromatic heterocycles. The molecule has 9 heteroatoms. The quantitative estimate of drug-likeness (QED) is 0.796. The molecule has 0 aliphatic rings. The van der Waals surface area contributed by atoms with Crippen molar-refractivity contribution in [1.82, 2.24) is 20.3 Å². The van der Waals surface area contributed by atoms with E-state index in [-0.39, 0.29) is 16.4 Å². The average Bonchev–Trinajstić information content (AvgIpc) is 3.03. The number of unbranched alkanes of at least 4 members (excludes halogenated alkanes) is 1. The summed E-state index contributed by atoms with van der Waals surface area (Å²) in [6.45, 7) is 1.92. The van der Waals surface area contributed by atoms with Crippen LogP contribution in [-0.2, 0) is 4.79 Å². The topological polar surface area (TPSA) is 97.1 Å². The molecule has 0 fully saturated rings. The lowest BCUT2D eigenvalue weighted by atomic mass is 10.1.